The highest BCUT2D eigenvalue weighted by Crippen LogP contribution is 2.50. The topological polar surface area (TPSA) is 87.6 Å². The van der Waals surface area contributed by atoms with E-state index in [-0.39, 0.29) is 46.2 Å². The molecular formula is C26H23ClF2N2O3. The number of hydrogen-bond donors (Lipinski definition) is 2. The summed E-state index contributed by atoms with van der Waals surface area (Å²) in [5.41, 5.74) is 11.6. The van der Waals surface area contributed by atoms with E-state index in [1.54, 1.807) is 0 Å². The molecule has 0 spiro atoms. The highest BCUT2D eigenvalue weighted by molar-refractivity contribution is 6.34. The molecule has 1 atom stereocenters. The van der Waals surface area contributed by atoms with Gasteiger partial charge in [-0.3, -0.25) is 4.79 Å². The van der Waals surface area contributed by atoms with E-state index in [2.05, 4.69) is 0 Å². The van der Waals surface area contributed by atoms with Crippen molar-refractivity contribution in [3.05, 3.63) is 81.9 Å². The summed E-state index contributed by atoms with van der Waals surface area (Å²) in [4.78, 5) is 12.3. The first kappa shape index (κ1) is 22.6. The van der Waals surface area contributed by atoms with Gasteiger partial charge in [0.05, 0.1) is 17.2 Å². The lowest BCUT2D eigenvalue weighted by Crippen LogP contribution is -2.39. The van der Waals surface area contributed by atoms with E-state index in [1.807, 2.05) is 30.3 Å². The largest absolute Gasteiger partial charge is 0.490 e. The first-order chi connectivity index (χ1) is 16.3. The Labute approximate surface area is 200 Å². The molecule has 1 fully saturated rings. The van der Waals surface area contributed by atoms with Crippen LogP contribution in [0.5, 0.6) is 11.5 Å². The number of ether oxygens (including phenoxy) is 2. The van der Waals surface area contributed by atoms with Gasteiger partial charge in [-0.2, -0.15) is 0 Å². The minimum Gasteiger partial charge on any atom is -0.490 e. The van der Waals surface area contributed by atoms with Crippen LogP contribution in [0.15, 0.2) is 48.5 Å². The molecule has 0 unspecified atom stereocenters. The molecule has 0 saturated heterocycles. The van der Waals surface area contributed by atoms with Crippen LogP contribution in [0, 0.1) is 17.6 Å². The van der Waals surface area contributed by atoms with Gasteiger partial charge in [-0.25, -0.2) is 8.78 Å². The first-order valence-corrected chi connectivity index (χ1v) is 11.4. The average Bonchev–Trinajstić information content (AvgIpc) is 3.59. The lowest BCUT2D eigenvalue weighted by Gasteiger charge is -2.27. The zero-order valence-corrected chi connectivity index (χ0v) is 19.0. The van der Waals surface area contributed by atoms with Crippen molar-refractivity contribution < 1.29 is 23.0 Å². The van der Waals surface area contributed by atoms with E-state index in [9.17, 15) is 9.18 Å². The van der Waals surface area contributed by atoms with E-state index in [4.69, 9.17) is 32.5 Å². The number of primary amides is 1. The maximum Gasteiger partial charge on any atom is 0.249 e. The molecule has 1 aliphatic heterocycles. The van der Waals surface area contributed by atoms with Crippen LogP contribution in [-0.4, -0.2) is 19.1 Å². The molecule has 1 aliphatic carbocycles. The molecule has 1 heterocycles. The summed E-state index contributed by atoms with van der Waals surface area (Å²) in [5.74, 6) is -1.99. The summed E-state index contributed by atoms with van der Waals surface area (Å²) in [5, 5.41) is -0.330. The molecule has 5 nitrogen and oxygen atoms in total. The Morgan fingerprint density at radius 1 is 1.15 bits per heavy atom. The van der Waals surface area contributed by atoms with Crippen LogP contribution in [0.1, 0.15) is 34.3 Å². The van der Waals surface area contributed by atoms with E-state index in [0.717, 1.165) is 24.5 Å². The second kappa shape index (κ2) is 8.56. The zero-order chi connectivity index (χ0) is 24.0. The number of benzene rings is 3. The normalized spacial score (nSPS) is 18.9. The van der Waals surface area contributed by atoms with E-state index < -0.39 is 23.1 Å². The number of carbonyl (C=O) groups excluding carboxylic acids is 1. The number of halogens is 3. The maximum absolute atomic E-state index is 15.8. The van der Waals surface area contributed by atoms with Crippen molar-refractivity contribution in [2.45, 2.75) is 24.9 Å². The van der Waals surface area contributed by atoms with Gasteiger partial charge in [0.25, 0.3) is 0 Å². The van der Waals surface area contributed by atoms with Crippen LogP contribution in [0.3, 0.4) is 0 Å². The number of rotatable bonds is 7. The SMILES string of the molecule is NC[C@@]1(c2ccccc2)Cc2c(cc(F)c(Cl)c2-c2c(C(N)=O)ccc(OCC3CC3)c2F)O1. The van der Waals surface area contributed by atoms with Crippen LogP contribution < -0.4 is 20.9 Å². The minimum atomic E-state index is -1.00. The van der Waals surface area contributed by atoms with Crippen molar-refractivity contribution in [3.63, 3.8) is 0 Å². The van der Waals surface area contributed by atoms with Crippen molar-refractivity contribution in [1.29, 1.82) is 0 Å². The van der Waals surface area contributed by atoms with Gasteiger partial charge in [-0.05, 0) is 36.5 Å². The molecule has 2 aliphatic rings. The molecule has 5 rings (SSSR count). The maximum atomic E-state index is 15.8. The molecule has 8 heteroatoms. The average molecular weight is 485 g/mol. The van der Waals surface area contributed by atoms with Crippen molar-refractivity contribution >= 4 is 17.5 Å². The van der Waals surface area contributed by atoms with Crippen molar-refractivity contribution in [2.75, 3.05) is 13.2 Å². The van der Waals surface area contributed by atoms with Gasteiger partial charge in [0.1, 0.15) is 11.6 Å². The lowest BCUT2D eigenvalue weighted by molar-refractivity contribution is 0.1000. The Morgan fingerprint density at radius 2 is 1.88 bits per heavy atom. The van der Waals surface area contributed by atoms with Crippen LogP contribution in [0.25, 0.3) is 11.1 Å². The molecular weight excluding hydrogens is 462 g/mol. The van der Waals surface area contributed by atoms with Crippen LogP contribution in [-0.2, 0) is 12.0 Å². The summed E-state index contributed by atoms with van der Waals surface area (Å²) in [6.07, 6.45) is 2.24. The van der Waals surface area contributed by atoms with Crippen LogP contribution in [0.4, 0.5) is 8.78 Å². The van der Waals surface area contributed by atoms with Crippen molar-refractivity contribution in [1.82, 2.24) is 0 Å². The Bertz CT molecular complexity index is 1280. The van der Waals surface area contributed by atoms with Gasteiger partial charge >= 0.3 is 0 Å². The Balaban J connectivity index is 1.70. The molecule has 176 valence electrons. The van der Waals surface area contributed by atoms with E-state index in [1.165, 1.54) is 12.1 Å². The molecule has 0 bridgehead atoms. The summed E-state index contributed by atoms with van der Waals surface area (Å²) in [6.45, 7) is 0.439. The Hall–Kier alpha value is -3.16. The van der Waals surface area contributed by atoms with Crippen LogP contribution >= 0.6 is 11.6 Å². The highest BCUT2D eigenvalue weighted by Gasteiger charge is 2.43. The molecule has 0 radical (unpaired) electrons. The molecule has 1 amide bonds. The third kappa shape index (κ3) is 3.79. The molecule has 3 aromatic carbocycles. The number of hydrogen-bond acceptors (Lipinski definition) is 4. The van der Waals surface area contributed by atoms with Gasteiger partial charge in [-0.15, -0.1) is 0 Å². The second-order valence-electron chi connectivity index (χ2n) is 8.79. The standard InChI is InChI=1S/C26H23ClF2N2O3/c27-23-18(28)10-20-17(11-26(13-30,34-20)15-4-2-1-3-5-15)21(23)22-16(25(31)32)8-9-19(24(22)29)33-12-14-6-7-14/h1-5,8-10,14H,6-7,11-13,30H2,(H2,31,32)/t26-/m1/s1. The fourth-order valence-corrected chi connectivity index (χ4v) is 4.71. The highest BCUT2D eigenvalue weighted by atomic mass is 35.5. The summed E-state index contributed by atoms with van der Waals surface area (Å²) in [6, 6.07) is 13.2. The second-order valence-corrected chi connectivity index (χ2v) is 9.16. The van der Waals surface area contributed by atoms with Gasteiger partial charge in [0, 0.05) is 35.7 Å². The van der Waals surface area contributed by atoms with Crippen LogP contribution in [0.2, 0.25) is 5.02 Å². The van der Waals surface area contributed by atoms with Crippen molar-refractivity contribution in [3.8, 4) is 22.6 Å². The van der Waals surface area contributed by atoms with E-state index in [0.29, 0.717) is 18.1 Å². The Morgan fingerprint density at radius 3 is 2.53 bits per heavy atom. The molecule has 34 heavy (non-hydrogen) atoms. The summed E-state index contributed by atoms with van der Waals surface area (Å²) in [7, 11) is 0. The quantitative estimate of drug-likeness (QED) is 0.496. The molecule has 3 aromatic rings. The monoisotopic (exact) mass is 484 g/mol. The predicted molar refractivity (Wildman–Crippen MR) is 125 cm³/mol. The lowest BCUT2D eigenvalue weighted by atomic mass is 9.85. The first-order valence-electron chi connectivity index (χ1n) is 11.1. The number of nitrogens with two attached hydrogens (primary N) is 2. The third-order valence-electron chi connectivity index (χ3n) is 6.48. The number of carbonyl (C=O) groups is 1. The third-order valence-corrected chi connectivity index (χ3v) is 6.85. The summed E-state index contributed by atoms with van der Waals surface area (Å²) >= 11 is 6.41. The minimum absolute atomic E-state index is 0.0195. The van der Waals surface area contributed by atoms with Gasteiger partial charge in [0.2, 0.25) is 5.91 Å². The number of fused-ring (bicyclic) bond motifs is 1. The smallest absolute Gasteiger partial charge is 0.249 e. The molecule has 4 N–H and O–H groups in total. The van der Waals surface area contributed by atoms with Crippen molar-refractivity contribution in [2.24, 2.45) is 17.4 Å². The predicted octanol–water partition coefficient (Wildman–Crippen LogP) is 4.96. The molecule has 0 aromatic heterocycles. The zero-order valence-electron chi connectivity index (χ0n) is 18.2. The summed E-state index contributed by atoms with van der Waals surface area (Å²) < 4.78 is 42.7. The van der Waals surface area contributed by atoms with Gasteiger partial charge in [0.15, 0.2) is 17.2 Å². The Kier molecular flexibility index (Phi) is 5.70. The fourth-order valence-electron chi connectivity index (χ4n) is 4.44. The molecule has 1 saturated carbocycles. The van der Waals surface area contributed by atoms with E-state index >= 15 is 4.39 Å². The van der Waals surface area contributed by atoms with Gasteiger partial charge < -0.3 is 20.9 Å². The number of amides is 1. The fraction of sp³-hybridized carbons (Fsp3) is 0.269. The van der Waals surface area contributed by atoms with Gasteiger partial charge in [-0.1, -0.05) is 41.9 Å².